The highest BCUT2D eigenvalue weighted by molar-refractivity contribution is 6.01. The number of methoxy groups -OCH3 is 1. The first kappa shape index (κ1) is 13.6. The number of rotatable bonds is 6. The molecule has 0 saturated carbocycles. The summed E-state index contributed by atoms with van der Waals surface area (Å²) in [5.41, 5.74) is 12.4. The predicted molar refractivity (Wildman–Crippen MR) is 67.9 cm³/mol. The Labute approximate surface area is 101 Å². The van der Waals surface area contributed by atoms with E-state index in [0.29, 0.717) is 30.3 Å². The molecule has 0 fully saturated rings. The van der Waals surface area contributed by atoms with Gasteiger partial charge < -0.3 is 26.4 Å². The van der Waals surface area contributed by atoms with Crippen molar-refractivity contribution in [3.63, 3.8) is 0 Å². The van der Waals surface area contributed by atoms with Gasteiger partial charge in [-0.1, -0.05) is 12.2 Å². The van der Waals surface area contributed by atoms with Crippen LogP contribution in [0.5, 0.6) is 0 Å². The lowest BCUT2D eigenvalue weighted by atomic mass is 10.0. The van der Waals surface area contributed by atoms with Crippen molar-refractivity contribution in [2.45, 2.75) is 6.04 Å². The minimum absolute atomic E-state index is 0.165. The average molecular weight is 237 g/mol. The smallest absolute Gasteiger partial charge is 0.119 e. The Morgan fingerprint density at radius 3 is 2.88 bits per heavy atom. The van der Waals surface area contributed by atoms with Crippen LogP contribution in [0.15, 0.2) is 35.6 Å². The van der Waals surface area contributed by atoms with E-state index in [1.807, 2.05) is 18.2 Å². The molecule has 1 atom stereocenters. The maximum Gasteiger partial charge on any atom is 0.119 e. The van der Waals surface area contributed by atoms with E-state index >= 15 is 0 Å². The van der Waals surface area contributed by atoms with Crippen LogP contribution in [0, 0.1) is 5.41 Å². The monoisotopic (exact) mass is 237 g/mol. The van der Waals surface area contributed by atoms with E-state index in [1.165, 1.54) is 0 Å². The lowest BCUT2D eigenvalue weighted by Gasteiger charge is -2.12. The van der Waals surface area contributed by atoms with Crippen LogP contribution >= 0.6 is 0 Å². The quantitative estimate of drug-likeness (QED) is 0.458. The molecule has 0 radical (unpaired) electrons. The third-order valence-electron chi connectivity index (χ3n) is 2.34. The highest BCUT2D eigenvalue weighted by Crippen LogP contribution is 2.13. The van der Waals surface area contributed by atoms with Gasteiger partial charge in [0.15, 0.2) is 0 Å². The van der Waals surface area contributed by atoms with Crippen LogP contribution in [0.1, 0.15) is 0 Å². The Kier molecular flexibility index (Phi) is 5.62. The first-order valence-electron chi connectivity index (χ1n) is 5.44. The van der Waals surface area contributed by atoms with Crippen molar-refractivity contribution in [2.24, 2.45) is 11.5 Å². The van der Waals surface area contributed by atoms with Crippen molar-refractivity contribution in [2.75, 3.05) is 26.9 Å². The summed E-state index contributed by atoms with van der Waals surface area (Å²) in [4.78, 5) is 0. The van der Waals surface area contributed by atoms with E-state index in [1.54, 1.807) is 13.2 Å². The molecule has 0 amide bonds. The second kappa shape index (κ2) is 7.01. The van der Waals surface area contributed by atoms with Crippen LogP contribution in [-0.4, -0.2) is 38.6 Å². The van der Waals surface area contributed by atoms with E-state index in [4.69, 9.17) is 26.4 Å². The summed E-state index contributed by atoms with van der Waals surface area (Å²) in [5, 5.41) is 7.75. The molecule has 1 aliphatic rings. The molecule has 94 valence electrons. The van der Waals surface area contributed by atoms with Crippen molar-refractivity contribution in [3.8, 4) is 0 Å². The normalized spacial score (nSPS) is 19.4. The predicted octanol–water partition coefficient (Wildman–Crippen LogP) is 0.335. The van der Waals surface area contributed by atoms with Gasteiger partial charge in [-0.2, -0.15) is 0 Å². The Balaban J connectivity index is 2.76. The highest BCUT2D eigenvalue weighted by atomic mass is 16.5. The van der Waals surface area contributed by atoms with Crippen LogP contribution < -0.4 is 11.5 Å². The molecular weight excluding hydrogens is 218 g/mol. The third-order valence-corrected chi connectivity index (χ3v) is 2.34. The number of nitrogens with one attached hydrogen (secondary N) is 1. The number of allylic oxidation sites excluding steroid dienone is 3. The standard InChI is InChI=1S/C12H19N3O2/c1-16-5-6-17-9-3-2-4-11(14)10(7-9)12(15)8-13/h2-4,7,11,15H,5-6,8,13-14H2,1H3. The molecule has 0 aromatic rings. The topological polar surface area (TPSA) is 94.4 Å². The van der Waals surface area contributed by atoms with E-state index in [2.05, 4.69) is 0 Å². The fourth-order valence-corrected chi connectivity index (χ4v) is 1.41. The molecule has 5 nitrogen and oxygen atoms in total. The van der Waals surface area contributed by atoms with E-state index < -0.39 is 0 Å². The summed E-state index contributed by atoms with van der Waals surface area (Å²) in [6.45, 7) is 1.15. The molecule has 17 heavy (non-hydrogen) atoms. The van der Waals surface area contributed by atoms with Crippen LogP contribution in [-0.2, 0) is 9.47 Å². The van der Waals surface area contributed by atoms with E-state index in [-0.39, 0.29) is 12.6 Å². The van der Waals surface area contributed by atoms with Crippen molar-refractivity contribution in [3.05, 3.63) is 35.6 Å². The summed E-state index contributed by atoms with van der Waals surface area (Å²) >= 11 is 0. The van der Waals surface area contributed by atoms with Crippen molar-refractivity contribution < 1.29 is 9.47 Å². The summed E-state index contributed by atoms with van der Waals surface area (Å²) in [5.74, 6) is 0.666. The lowest BCUT2D eigenvalue weighted by molar-refractivity contribution is 0.114. The van der Waals surface area contributed by atoms with Crippen molar-refractivity contribution in [1.29, 1.82) is 5.41 Å². The molecule has 1 rings (SSSR count). The maximum atomic E-state index is 7.75. The minimum atomic E-state index is -0.314. The second-order valence-electron chi connectivity index (χ2n) is 3.60. The molecule has 0 aliphatic heterocycles. The van der Waals surface area contributed by atoms with E-state index in [0.717, 1.165) is 0 Å². The Morgan fingerprint density at radius 2 is 2.24 bits per heavy atom. The molecule has 0 heterocycles. The number of hydrogen-bond donors (Lipinski definition) is 3. The zero-order chi connectivity index (χ0) is 12.7. The zero-order valence-corrected chi connectivity index (χ0v) is 9.98. The van der Waals surface area contributed by atoms with Crippen molar-refractivity contribution in [1.82, 2.24) is 0 Å². The Bertz CT molecular complexity index is 359. The fourth-order valence-electron chi connectivity index (χ4n) is 1.41. The largest absolute Gasteiger partial charge is 0.491 e. The minimum Gasteiger partial charge on any atom is -0.491 e. The zero-order valence-electron chi connectivity index (χ0n) is 9.98. The third kappa shape index (κ3) is 4.14. The van der Waals surface area contributed by atoms with Gasteiger partial charge in [0, 0.05) is 13.7 Å². The molecule has 0 bridgehead atoms. The van der Waals surface area contributed by atoms with Crippen LogP contribution in [0.3, 0.4) is 0 Å². The molecule has 0 aromatic carbocycles. The molecule has 0 aromatic heterocycles. The maximum absolute atomic E-state index is 7.75. The first-order chi connectivity index (χ1) is 8.19. The number of nitrogens with two attached hydrogens (primary N) is 2. The molecule has 0 spiro atoms. The lowest BCUT2D eigenvalue weighted by Crippen LogP contribution is -2.28. The fraction of sp³-hybridized carbons (Fsp3) is 0.417. The van der Waals surface area contributed by atoms with Crippen LogP contribution in [0.2, 0.25) is 0 Å². The van der Waals surface area contributed by atoms with Crippen LogP contribution in [0.4, 0.5) is 0 Å². The van der Waals surface area contributed by atoms with Gasteiger partial charge in [-0.25, -0.2) is 0 Å². The van der Waals surface area contributed by atoms with Gasteiger partial charge >= 0.3 is 0 Å². The number of hydrogen-bond acceptors (Lipinski definition) is 5. The van der Waals surface area contributed by atoms with Gasteiger partial charge in [-0.15, -0.1) is 0 Å². The molecule has 1 aliphatic carbocycles. The molecular formula is C12H19N3O2. The van der Waals surface area contributed by atoms with Crippen molar-refractivity contribution >= 4 is 5.71 Å². The molecule has 0 saturated heterocycles. The number of ether oxygens (including phenoxy) is 2. The van der Waals surface area contributed by atoms with Gasteiger partial charge in [0.2, 0.25) is 0 Å². The SMILES string of the molecule is COCCOC1=CC=CC(N)C(C(=N)CN)=C1. The Hall–Kier alpha value is -1.43. The molecule has 5 N–H and O–H groups in total. The molecule has 5 heteroatoms. The average Bonchev–Trinajstić information content (AvgIpc) is 2.51. The summed E-state index contributed by atoms with van der Waals surface area (Å²) in [7, 11) is 1.62. The van der Waals surface area contributed by atoms with E-state index in [9.17, 15) is 0 Å². The molecule has 1 unspecified atom stereocenters. The van der Waals surface area contributed by atoms with Gasteiger partial charge in [0.05, 0.1) is 18.4 Å². The van der Waals surface area contributed by atoms with Gasteiger partial charge in [0.1, 0.15) is 12.4 Å². The summed E-state index contributed by atoms with van der Waals surface area (Å²) < 4.78 is 10.4. The van der Waals surface area contributed by atoms with Gasteiger partial charge in [-0.05, 0) is 17.7 Å². The first-order valence-corrected chi connectivity index (χ1v) is 5.44. The summed E-state index contributed by atoms with van der Waals surface area (Å²) in [6.07, 6.45) is 7.20. The van der Waals surface area contributed by atoms with Crippen LogP contribution in [0.25, 0.3) is 0 Å². The van der Waals surface area contributed by atoms with Gasteiger partial charge in [-0.3, -0.25) is 0 Å². The highest BCUT2D eigenvalue weighted by Gasteiger charge is 2.13. The Morgan fingerprint density at radius 1 is 1.47 bits per heavy atom. The summed E-state index contributed by atoms with van der Waals surface area (Å²) in [6, 6.07) is -0.314. The van der Waals surface area contributed by atoms with Gasteiger partial charge in [0.25, 0.3) is 0 Å². The second-order valence-corrected chi connectivity index (χ2v) is 3.60.